The summed E-state index contributed by atoms with van der Waals surface area (Å²) in [6, 6.07) is 6.29. The van der Waals surface area contributed by atoms with E-state index in [9.17, 15) is 0 Å². The number of benzene rings is 1. The second-order valence-electron chi connectivity index (χ2n) is 3.10. The number of hydrogen-bond donors (Lipinski definition) is 0. The molecule has 0 aromatic heterocycles. The van der Waals surface area contributed by atoms with Gasteiger partial charge in [0.2, 0.25) is 0 Å². The summed E-state index contributed by atoms with van der Waals surface area (Å²) in [5, 5.41) is 0. The molecule has 0 amide bonds. The van der Waals surface area contributed by atoms with Crippen LogP contribution in [0.4, 0.5) is 0 Å². The zero-order valence-electron chi connectivity index (χ0n) is 7.27. The molecule has 0 aliphatic carbocycles. The standard InChI is InChI=1S/C10H12ClI/c1-7(2)10-8(6-11)4-3-5-9(10)12/h3-5,7H,6H2,1-2H3. The van der Waals surface area contributed by atoms with E-state index in [0.717, 1.165) is 0 Å². The molecule has 0 saturated carbocycles. The van der Waals surface area contributed by atoms with E-state index in [1.54, 1.807) is 0 Å². The number of halogens is 2. The molecule has 0 saturated heterocycles. The van der Waals surface area contributed by atoms with Crippen molar-refractivity contribution < 1.29 is 0 Å². The van der Waals surface area contributed by atoms with Crippen molar-refractivity contribution in [3.63, 3.8) is 0 Å². The zero-order valence-corrected chi connectivity index (χ0v) is 10.2. The highest BCUT2D eigenvalue weighted by Gasteiger charge is 2.08. The van der Waals surface area contributed by atoms with E-state index in [1.165, 1.54) is 14.7 Å². The Balaban J connectivity index is 3.20. The third-order valence-corrected chi connectivity index (χ3v) is 3.09. The third-order valence-electron chi connectivity index (χ3n) is 1.86. The van der Waals surface area contributed by atoms with Gasteiger partial charge in [0.1, 0.15) is 0 Å². The van der Waals surface area contributed by atoms with Crippen LogP contribution in [-0.2, 0) is 5.88 Å². The normalized spacial score (nSPS) is 10.8. The van der Waals surface area contributed by atoms with Crippen LogP contribution in [-0.4, -0.2) is 0 Å². The van der Waals surface area contributed by atoms with E-state index in [1.807, 2.05) is 0 Å². The third kappa shape index (κ3) is 2.13. The van der Waals surface area contributed by atoms with Gasteiger partial charge >= 0.3 is 0 Å². The monoisotopic (exact) mass is 294 g/mol. The van der Waals surface area contributed by atoms with Gasteiger partial charge in [0.05, 0.1) is 0 Å². The lowest BCUT2D eigenvalue weighted by Gasteiger charge is -2.12. The predicted octanol–water partition coefficient (Wildman–Crippen LogP) is 4.15. The van der Waals surface area contributed by atoms with E-state index < -0.39 is 0 Å². The molecule has 0 N–H and O–H groups in total. The molecule has 0 fully saturated rings. The predicted molar refractivity (Wildman–Crippen MR) is 62.8 cm³/mol. The lowest BCUT2D eigenvalue weighted by Crippen LogP contribution is -1.97. The Hall–Kier alpha value is 0.240. The summed E-state index contributed by atoms with van der Waals surface area (Å²) in [4.78, 5) is 0. The topological polar surface area (TPSA) is 0 Å². The first-order valence-electron chi connectivity index (χ1n) is 4.00. The van der Waals surface area contributed by atoms with Crippen LogP contribution in [0.5, 0.6) is 0 Å². The fourth-order valence-electron chi connectivity index (χ4n) is 1.34. The van der Waals surface area contributed by atoms with Crippen LogP contribution in [0.2, 0.25) is 0 Å². The minimum Gasteiger partial charge on any atom is -0.122 e. The summed E-state index contributed by atoms with van der Waals surface area (Å²) >= 11 is 8.21. The maximum atomic E-state index is 5.84. The van der Waals surface area contributed by atoms with E-state index in [-0.39, 0.29) is 0 Å². The molecule has 1 rings (SSSR count). The van der Waals surface area contributed by atoms with Crippen molar-refractivity contribution >= 4 is 34.2 Å². The largest absolute Gasteiger partial charge is 0.122 e. The van der Waals surface area contributed by atoms with Crippen LogP contribution in [0, 0.1) is 3.57 Å². The van der Waals surface area contributed by atoms with Crippen molar-refractivity contribution in [3.05, 3.63) is 32.9 Å². The van der Waals surface area contributed by atoms with Gasteiger partial charge < -0.3 is 0 Å². The Morgan fingerprint density at radius 2 is 2.08 bits per heavy atom. The first-order chi connectivity index (χ1) is 5.66. The highest BCUT2D eigenvalue weighted by Crippen LogP contribution is 2.26. The van der Waals surface area contributed by atoms with Crippen LogP contribution in [0.1, 0.15) is 30.9 Å². The lowest BCUT2D eigenvalue weighted by molar-refractivity contribution is 0.847. The van der Waals surface area contributed by atoms with Crippen molar-refractivity contribution in [2.45, 2.75) is 25.6 Å². The molecule has 1 aromatic rings. The van der Waals surface area contributed by atoms with E-state index in [0.29, 0.717) is 11.8 Å². The van der Waals surface area contributed by atoms with Crippen LogP contribution in [0.3, 0.4) is 0 Å². The Morgan fingerprint density at radius 3 is 2.50 bits per heavy atom. The smallest absolute Gasteiger partial charge is 0.0477 e. The number of alkyl halides is 1. The minimum absolute atomic E-state index is 0.562. The van der Waals surface area contributed by atoms with Gasteiger partial charge in [-0.15, -0.1) is 11.6 Å². The Bertz CT molecular complexity index is 269. The number of hydrogen-bond acceptors (Lipinski definition) is 0. The molecular formula is C10H12ClI. The Kier molecular flexibility index (Phi) is 3.84. The van der Waals surface area contributed by atoms with Gasteiger partial charge in [0.15, 0.2) is 0 Å². The molecule has 12 heavy (non-hydrogen) atoms. The van der Waals surface area contributed by atoms with Crippen molar-refractivity contribution in [1.29, 1.82) is 0 Å². The molecule has 2 heteroatoms. The van der Waals surface area contributed by atoms with Crippen LogP contribution in [0.15, 0.2) is 18.2 Å². The fourth-order valence-corrected chi connectivity index (χ4v) is 2.75. The first kappa shape index (κ1) is 10.3. The van der Waals surface area contributed by atoms with Crippen LogP contribution in [0.25, 0.3) is 0 Å². The SMILES string of the molecule is CC(C)c1c(I)cccc1CCl. The molecule has 0 atom stereocenters. The molecular weight excluding hydrogens is 282 g/mol. The average molecular weight is 295 g/mol. The van der Waals surface area contributed by atoms with Crippen molar-refractivity contribution in [1.82, 2.24) is 0 Å². The molecule has 0 unspecified atom stereocenters. The second kappa shape index (κ2) is 4.47. The highest BCUT2D eigenvalue weighted by atomic mass is 127. The van der Waals surface area contributed by atoms with Gasteiger partial charge in [0.25, 0.3) is 0 Å². The first-order valence-corrected chi connectivity index (χ1v) is 5.61. The lowest BCUT2D eigenvalue weighted by atomic mass is 9.98. The molecule has 66 valence electrons. The van der Waals surface area contributed by atoms with Gasteiger partial charge in [-0.1, -0.05) is 26.0 Å². The van der Waals surface area contributed by atoms with Crippen molar-refractivity contribution in [3.8, 4) is 0 Å². The van der Waals surface area contributed by atoms with Gasteiger partial charge in [-0.05, 0) is 45.7 Å². The molecule has 0 nitrogen and oxygen atoms in total. The summed E-state index contributed by atoms with van der Waals surface area (Å²) < 4.78 is 1.32. The second-order valence-corrected chi connectivity index (χ2v) is 4.53. The van der Waals surface area contributed by atoms with Gasteiger partial charge in [0, 0.05) is 9.45 Å². The van der Waals surface area contributed by atoms with Gasteiger partial charge in [-0.2, -0.15) is 0 Å². The molecule has 1 aromatic carbocycles. The zero-order chi connectivity index (χ0) is 9.14. The van der Waals surface area contributed by atoms with Crippen molar-refractivity contribution in [2.75, 3.05) is 0 Å². The molecule has 0 heterocycles. The Labute approximate surface area is 92.5 Å². The minimum atomic E-state index is 0.562. The molecule has 0 aliphatic heterocycles. The maximum Gasteiger partial charge on any atom is 0.0477 e. The van der Waals surface area contributed by atoms with E-state index in [4.69, 9.17) is 11.6 Å². The Morgan fingerprint density at radius 1 is 1.42 bits per heavy atom. The van der Waals surface area contributed by atoms with Gasteiger partial charge in [-0.25, -0.2) is 0 Å². The summed E-state index contributed by atoms with van der Waals surface area (Å²) in [6.07, 6.45) is 0. The molecule has 0 radical (unpaired) electrons. The summed E-state index contributed by atoms with van der Waals surface area (Å²) in [5.41, 5.74) is 2.66. The van der Waals surface area contributed by atoms with Crippen LogP contribution >= 0.6 is 34.2 Å². The number of rotatable bonds is 2. The quantitative estimate of drug-likeness (QED) is 0.568. The highest BCUT2D eigenvalue weighted by molar-refractivity contribution is 14.1. The summed E-state index contributed by atoms with van der Waals surface area (Å²) in [7, 11) is 0. The van der Waals surface area contributed by atoms with Crippen LogP contribution < -0.4 is 0 Å². The van der Waals surface area contributed by atoms with Gasteiger partial charge in [-0.3, -0.25) is 0 Å². The van der Waals surface area contributed by atoms with E-state index >= 15 is 0 Å². The van der Waals surface area contributed by atoms with E-state index in [2.05, 4.69) is 54.6 Å². The maximum absolute atomic E-state index is 5.84. The van der Waals surface area contributed by atoms with Crippen molar-refractivity contribution in [2.24, 2.45) is 0 Å². The fraction of sp³-hybridized carbons (Fsp3) is 0.400. The summed E-state index contributed by atoms with van der Waals surface area (Å²) in [6.45, 7) is 4.40. The summed E-state index contributed by atoms with van der Waals surface area (Å²) in [5.74, 6) is 1.18. The molecule has 0 spiro atoms. The molecule has 0 bridgehead atoms. The average Bonchev–Trinajstić information content (AvgIpc) is 2.03. The molecule has 0 aliphatic rings.